The predicted octanol–water partition coefficient (Wildman–Crippen LogP) is 4.81. The number of ether oxygens (including phenoxy) is 1. The summed E-state index contributed by atoms with van der Waals surface area (Å²) in [5.41, 5.74) is 2.43. The SMILES string of the molecule is COc1ccc(-c2ccc(/C=C(/C#N)C(=O)Nc3ccccc3C)o2)cc1. The van der Waals surface area contributed by atoms with E-state index >= 15 is 0 Å². The molecule has 0 saturated carbocycles. The third-order valence-corrected chi connectivity index (χ3v) is 4.05. The van der Waals surface area contributed by atoms with Gasteiger partial charge in [-0.2, -0.15) is 5.26 Å². The number of anilines is 1. The fraction of sp³-hybridized carbons (Fsp3) is 0.0909. The molecule has 0 aliphatic carbocycles. The van der Waals surface area contributed by atoms with E-state index in [2.05, 4.69) is 5.32 Å². The topological polar surface area (TPSA) is 75.3 Å². The average molecular weight is 358 g/mol. The second kappa shape index (κ2) is 8.07. The van der Waals surface area contributed by atoms with Gasteiger partial charge in [0.1, 0.15) is 28.9 Å². The number of carbonyl (C=O) groups excluding carboxylic acids is 1. The van der Waals surface area contributed by atoms with Gasteiger partial charge in [-0.15, -0.1) is 0 Å². The lowest BCUT2D eigenvalue weighted by Gasteiger charge is -2.06. The highest BCUT2D eigenvalue weighted by molar-refractivity contribution is 6.09. The molecule has 2 aromatic carbocycles. The van der Waals surface area contributed by atoms with Crippen LogP contribution in [0.5, 0.6) is 5.75 Å². The standard InChI is InChI=1S/C22H18N2O3/c1-15-5-3-4-6-20(15)24-22(25)17(14-23)13-19-11-12-21(27-19)16-7-9-18(26-2)10-8-16/h3-13H,1-2H3,(H,24,25)/b17-13-. The first-order valence-corrected chi connectivity index (χ1v) is 8.34. The Bertz CT molecular complexity index is 1020. The van der Waals surface area contributed by atoms with Crippen molar-refractivity contribution in [2.75, 3.05) is 12.4 Å². The minimum atomic E-state index is -0.478. The number of nitrogens with one attached hydrogen (secondary N) is 1. The largest absolute Gasteiger partial charge is 0.497 e. The molecular formula is C22H18N2O3. The molecule has 1 heterocycles. The van der Waals surface area contributed by atoms with Crippen molar-refractivity contribution in [2.45, 2.75) is 6.92 Å². The molecule has 0 unspecified atom stereocenters. The summed E-state index contributed by atoms with van der Waals surface area (Å²) in [6.45, 7) is 1.89. The van der Waals surface area contributed by atoms with Crippen molar-refractivity contribution in [3.8, 4) is 23.1 Å². The molecule has 0 aliphatic rings. The van der Waals surface area contributed by atoms with Gasteiger partial charge in [0.2, 0.25) is 0 Å². The quantitative estimate of drug-likeness (QED) is 0.525. The minimum Gasteiger partial charge on any atom is -0.497 e. The van der Waals surface area contributed by atoms with Gasteiger partial charge in [0.25, 0.3) is 5.91 Å². The number of para-hydroxylation sites is 1. The molecule has 0 aliphatic heterocycles. The molecule has 1 aromatic heterocycles. The molecule has 3 aromatic rings. The zero-order valence-corrected chi connectivity index (χ0v) is 15.0. The Balaban J connectivity index is 1.79. The Morgan fingerprint density at radius 3 is 2.52 bits per heavy atom. The monoisotopic (exact) mass is 358 g/mol. The van der Waals surface area contributed by atoms with Gasteiger partial charge in [-0.1, -0.05) is 18.2 Å². The molecule has 0 radical (unpaired) electrons. The van der Waals surface area contributed by atoms with Crippen LogP contribution >= 0.6 is 0 Å². The van der Waals surface area contributed by atoms with Crippen LogP contribution in [0.25, 0.3) is 17.4 Å². The van der Waals surface area contributed by atoms with Crippen molar-refractivity contribution in [3.63, 3.8) is 0 Å². The number of aryl methyl sites for hydroxylation is 1. The first-order valence-electron chi connectivity index (χ1n) is 8.34. The molecule has 27 heavy (non-hydrogen) atoms. The van der Waals surface area contributed by atoms with Gasteiger partial charge < -0.3 is 14.5 Å². The highest BCUT2D eigenvalue weighted by atomic mass is 16.5. The zero-order valence-electron chi connectivity index (χ0n) is 15.0. The van der Waals surface area contributed by atoms with Gasteiger partial charge in [-0.25, -0.2) is 0 Å². The zero-order chi connectivity index (χ0) is 19.2. The first kappa shape index (κ1) is 18.0. The summed E-state index contributed by atoms with van der Waals surface area (Å²) in [5.74, 6) is 1.34. The molecule has 1 amide bonds. The summed E-state index contributed by atoms with van der Waals surface area (Å²) < 4.78 is 10.9. The van der Waals surface area contributed by atoms with Crippen LogP contribution in [0.1, 0.15) is 11.3 Å². The molecule has 0 spiro atoms. The second-order valence-corrected chi connectivity index (χ2v) is 5.87. The molecular weight excluding hydrogens is 340 g/mol. The number of rotatable bonds is 5. The Hall–Kier alpha value is -3.78. The van der Waals surface area contributed by atoms with Crippen molar-refractivity contribution in [3.05, 3.63) is 77.6 Å². The number of hydrogen-bond donors (Lipinski definition) is 1. The average Bonchev–Trinajstić information content (AvgIpc) is 3.16. The molecule has 0 atom stereocenters. The van der Waals surface area contributed by atoms with Gasteiger partial charge in [-0.3, -0.25) is 4.79 Å². The van der Waals surface area contributed by atoms with E-state index in [0.29, 0.717) is 17.2 Å². The summed E-state index contributed by atoms with van der Waals surface area (Å²) >= 11 is 0. The Kier molecular flexibility index (Phi) is 5.38. The molecule has 5 nitrogen and oxygen atoms in total. The lowest BCUT2D eigenvalue weighted by Crippen LogP contribution is -2.14. The van der Waals surface area contributed by atoms with Gasteiger partial charge in [-0.05, 0) is 55.0 Å². The molecule has 5 heteroatoms. The van der Waals surface area contributed by atoms with Gasteiger partial charge in [0.05, 0.1) is 7.11 Å². The van der Waals surface area contributed by atoms with Crippen molar-refractivity contribution in [1.29, 1.82) is 5.26 Å². The number of nitrogens with zero attached hydrogens (tertiary/aromatic N) is 1. The fourth-order valence-electron chi connectivity index (χ4n) is 2.53. The van der Waals surface area contributed by atoms with Crippen LogP contribution in [0.15, 0.2) is 70.7 Å². The van der Waals surface area contributed by atoms with Crippen LogP contribution in [0.2, 0.25) is 0 Å². The second-order valence-electron chi connectivity index (χ2n) is 5.87. The van der Waals surface area contributed by atoms with Crippen LogP contribution in [0.3, 0.4) is 0 Å². The van der Waals surface area contributed by atoms with Gasteiger partial charge in [0.15, 0.2) is 0 Å². The Labute approximate surface area is 157 Å². The third-order valence-electron chi connectivity index (χ3n) is 4.05. The summed E-state index contributed by atoms with van der Waals surface area (Å²) in [7, 11) is 1.61. The predicted molar refractivity (Wildman–Crippen MR) is 104 cm³/mol. The van der Waals surface area contributed by atoms with E-state index in [1.807, 2.05) is 55.5 Å². The van der Waals surface area contributed by atoms with Crippen LogP contribution in [-0.2, 0) is 4.79 Å². The van der Waals surface area contributed by atoms with E-state index in [-0.39, 0.29) is 5.57 Å². The molecule has 0 saturated heterocycles. The molecule has 0 bridgehead atoms. The summed E-state index contributed by atoms with van der Waals surface area (Å²) in [6.07, 6.45) is 1.43. The van der Waals surface area contributed by atoms with Gasteiger partial charge >= 0.3 is 0 Å². The minimum absolute atomic E-state index is 0.0334. The number of benzene rings is 2. The van der Waals surface area contributed by atoms with E-state index in [4.69, 9.17) is 9.15 Å². The van der Waals surface area contributed by atoms with E-state index in [0.717, 1.165) is 16.9 Å². The van der Waals surface area contributed by atoms with Crippen molar-refractivity contribution in [1.82, 2.24) is 0 Å². The first-order chi connectivity index (χ1) is 13.1. The molecule has 1 N–H and O–H groups in total. The Morgan fingerprint density at radius 2 is 1.85 bits per heavy atom. The highest BCUT2D eigenvalue weighted by Crippen LogP contribution is 2.25. The molecule has 134 valence electrons. The van der Waals surface area contributed by atoms with Crippen LogP contribution in [0.4, 0.5) is 5.69 Å². The summed E-state index contributed by atoms with van der Waals surface area (Å²) in [5, 5.41) is 12.1. The fourth-order valence-corrected chi connectivity index (χ4v) is 2.53. The summed E-state index contributed by atoms with van der Waals surface area (Å²) in [4.78, 5) is 12.4. The van der Waals surface area contributed by atoms with Gasteiger partial charge in [0, 0.05) is 17.3 Å². The van der Waals surface area contributed by atoms with E-state index < -0.39 is 5.91 Å². The highest BCUT2D eigenvalue weighted by Gasteiger charge is 2.12. The molecule has 0 fully saturated rings. The van der Waals surface area contributed by atoms with E-state index in [1.165, 1.54) is 6.08 Å². The number of methoxy groups -OCH3 is 1. The number of carbonyl (C=O) groups is 1. The smallest absolute Gasteiger partial charge is 0.266 e. The normalized spacial score (nSPS) is 10.9. The van der Waals surface area contributed by atoms with Crippen LogP contribution in [-0.4, -0.2) is 13.0 Å². The number of furan rings is 1. The maximum absolute atomic E-state index is 12.4. The third kappa shape index (κ3) is 4.25. The number of nitriles is 1. The summed E-state index contributed by atoms with van der Waals surface area (Å²) in [6, 6.07) is 20.3. The van der Waals surface area contributed by atoms with Crippen LogP contribution < -0.4 is 10.1 Å². The van der Waals surface area contributed by atoms with Crippen LogP contribution in [0, 0.1) is 18.3 Å². The number of amides is 1. The van der Waals surface area contributed by atoms with E-state index in [1.54, 1.807) is 25.3 Å². The van der Waals surface area contributed by atoms with E-state index in [9.17, 15) is 10.1 Å². The lowest BCUT2D eigenvalue weighted by molar-refractivity contribution is -0.112. The molecule has 3 rings (SSSR count). The van der Waals surface area contributed by atoms with Crippen molar-refractivity contribution >= 4 is 17.7 Å². The van der Waals surface area contributed by atoms with Crippen molar-refractivity contribution in [2.24, 2.45) is 0 Å². The maximum atomic E-state index is 12.4. The van der Waals surface area contributed by atoms with Crippen molar-refractivity contribution < 1.29 is 13.9 Å². The number of hydrogen-bond acceptors (Lipinski definition) is 4. The Morgan fingerprint density at radius 1 is 1.11 bits per heavy atom. The lowest BCUT2D eigenvalue weighted by atomic mass is 10.1. The maximum Gasteiger partial charge on any atom is 0.266 e.